The highest BCUT2D eigenvalue weighted by molar-refractivity contribution is 5.87. The lowest BCUT2D eigenvalue weighted by molar-refractivity contribution is -0.136. The number of carbonyl (C=O) groups excluding carboxylic acids is 1. The first-order chi connectivity index (χ1) is 9.47. The highest BCUT2D eigenvalue weighted by Gasteiger charge is 2.06. The molecule has 1 aromatic rings. The van der Waals surface area contributed by atoms with Gasteiger partial charge in [0.1, 0.15) is 0 Å². The lowest BCUT2D eigenvalue weighted by Gasteiger charge is -2.15. The average molecular weight is 281 g/mol. The second-order valence-corrected chi connectivity index (χ2v) is 4.54. The minimum absolute atomic E-state index is 0.234. The first-order valence-corrected chi connectivity index (χ1v) is 6.24. The van der Waals surface area contributed by atoms with E-state index in [1.165, 1.54) is 20.3 Å². The molecule has 0 fully saturated rings. The third-order valence-electron chi connectivity index (χ3n) is 2.89. The van der Waals surface area contributed by atoms with Gasteiger partial charge < -0.3 is 9.47 Å². The van der Waals surface area contributed by atoms with Gasteiger partial charge in [0.2, 0.25) is 0 Å². The summed E-state index contributed by atoms with van der Waals surface area (Å²) in [6.07, 6.45) is 1.78. The Balaban J connectivity index is 2.60. The number of likely N-dealkylation sites (N-methyl/N-ethyl adjacent to an activating group) is 1. The molecule has 1 rings (SSSR count). The maximum atomic E-state index is 13.5. The fourth-order valence-electron chi connectivity index (χ4n) is 1.72. The molecular weight excluding hydrogens is 261 g/mol. The molecule has 0 saturated heterocycles. The molecule has 0 spiro atoms. The third kappa shape index (κ3) is 4.66. The summed E-state index contributed by atoms with van der Waals surface area (Å²) < 4.78 is 23.0. The second kappa shape index (κ2) is 7.65. The number of hydrogen-bond donors (Lipinski definition) is 0. The van der Waals surface area contributed by atoms with E-state index < -0.39 is 0 Å². The van der Waals surface area contributed by atoms with Gasteiger partial charge in [0.05, 0.1) is 14.2 Å². The van der Waals surface area contributed by atoms with Crippen molar-refractivity contribution in [3.8, 4) is 5.75 Å². The number of esters is 1. The van der Waals surface area contributed by atoms with E-state index in [1.54, 1.807) is 19.1 Å². The van der Waals surface area contributed by atoms with E-state index in [9.17, 15) is 9.18 Å². The predicted octanol–water partition coefficient (Wildman–Crippen LogP) is 2.39. The van der Waals surface area contributed by atoms with Gasteiger partial charge >= 0.3 is 5.97 Å². The zero-order valence-corrected chi connectivity index (χ0v) is 12.3. The molecular formula is C15H20FNO3. The molecule has 0 aliphatic rings. The molecule has 0 aliphatic carbocycles. The van der Waals surface area contributed by atoms with E-state index in [0.717, 1.165) is 5.56 Å². The van der Waals surface area contributed by atoms with Gasteiger partial charge in [-0.1, -0.05) is 12.1 Å². The molecule has 0 N–H and O–H groups in total. The molecule has 0 heterocycles. The van der Waals surface area contributed by atoms with Crippen LogP contribution in [0.5, 0.6) is 5.75 Å². The fraction of sp³-hybridized carbons (Fsp3) is 0.400. The summed E-state index contributed by atoms with van der Waals surface area (Å²) in [5.41, 5.74) is 1.40. The smallest absolute Gasteiger partial charge is 0.333 e. The van der Waals surface area contributed by atoms with E-state index in [0.29, 0.717) is 18.7 Å². The summed E-state index contributed by atoms with van der Waals surface area (Å²) in [6, 6.07) is 4.87. The van der Waals surface area contributed by atoms with E-state index in [2.05, 4.69) is 4.74 Å². The molecule has 0 saturated carbocycles. The summed E-state index contributed by atoms with van der Waals surface area (Å²) in [7, 11) is 4.68. The number of methoxy groups -OCH3 is 2. The summed E-state index contributed by atoms with van der Waals surface area (Å²) in [6.45, 7) is 2.85. The standard InChI is InChI=1S/C15H20FNO3/c1-11(15(18)20-4)7-8-17(2)10-12-5-6-14(19-3)13(16)9-12/h5-7,9H,8,10H2,1-4H3. The van der Waals surface area contributed by atoms with Gasteiger partial charge in [0.15, 0.2) is 11.6 Å². The summed E-state index contributed by atoms with van der Waals surface area (Å²) in [5, 5.41) is 0. The number of carbonyl (C=O) groups is 1. The zero-order valence-electron chi connectivity index (χ0n) is 12.3. The molecule has 0 bridgehead atoms. The van der Waals surface area contributed by atoms with Crippen molar-refractivity contribution in [3.63, 3.8) is 0 Å². The van der Waals surface area contributed by atoms with Gasteiger partial charge in [-0.3, -0.25) is 4.90 Å². The van der Waals surface area contributed by atoms with Gasteiger partial charge in [-0.15, -0.1) is 0 Å². The largest absolute Gasteiger partial charge is 0.494 e. The highest BCUT2D eigenvalue weighted by atomic mass is 19.1. The Labute approximate surface area is 118 Å². The molecule has 0 amide bonds. The van der Waals surface area contributed by atoms with Crippen LogP contribution in [0.1, 0.15) is 12.5 Å². The van der Waals surface area contributed by atoms with Gasteiger partial charge in [0, 0.05) is 18.7 Å². The van der Waals surface area contributed by atoms with E-state index >= 15 is 0 Å². The van der Waals surface area contributed by atoms with Crippen molar-refractivity contribution in [1.29, 1.82) is 0 Å². The SMILES string of the molecule is COC(=O)C(C)=CCN(C)Cc1ccc(OC)c(F)c1. The van der Waals surface area contributed by atoms with E-state index in [1.807, 2.05) is 18.0 Å². The molecule has 110 valence electrons. The van der Waals surface area contributed by atoms with Crippen LogP contribution in [-0.4, -0.2) is 38.7 Å². The van der Waals surface area contributed by atoms with Crippen molar-refractivity contribution < 1.29 is 18.7 Å². The van der Waals surface area contributed by atoms with Crippen LogP contribution in [0.15, 0.2) is 29.8 Å². The number of nitrogens with zero attached hydrogens (tertiary/aromatic N) is 1. The van der Waals surface area contributed by atoms with Gasteiger partial charge in [-0.2, -0.15) is 0 Å². The molecule has 1 aromatic carbocycles. The van der Waals surface area contributed by atoms with Crippen LogP contribution in [0.2, 0.25) is 0 Å². The Kier molecular flexibility index (Phi) is 6.18. The number of benzene rings is 1. The lowest BCUT2D eigenvalue weighted by Crippen LogP contribution is -2.18. The predicted molar refractivity (Wildman–Crippen MR) is 75.1 cm³/mol. The van der Waals surface area contributed by atoms with Crippen molar-refractivity contribution in [2.75, 3.05) is 27.8 Å². The summed E-state index contributed by atoms with van der Waals surface area (Å²) in [5.74, 6) is -0.480. The first kappa shape index (κ1) is 16.2. The molecule has 0 aromatic heterocycles. The van der Waals surface area contributed by atoms with E-state index in [4.69, 9.17) is 4.74 Å². The molecule has 4 nitrogen and oxygen atoms in total. The number of halogens is 1. The minimum Gasteiger partial charge on any atom is -0.494 e. The Bertz CT molecular complexity index is 500. The Hall–Kier alpha value is -1.88. The van der Waals surface area contributed by atoms with Crippen LogP contribution >= 0.6 is 0 Å². The third-order valence-corrected chi connectivity index (χ3v) is 2.89. The van der Waals surface area contributed by atoms with Crippen LogP contribution in [0.25, 0.3) is 0 Å². The topological polar surface area (TPSA) is 38.8 Å². The molecule has 0 atom stereocenters. The minimum atomic E-state index is -0.375. The van der Waals surface area contributed by atoms with Gasteiger partial charge in [-0.05, 0) is 31.7 Å². The average Bonchev–Trinajstić information content (AvgIpc) is 2.44. The second-order valence-electron chi connectivity index (χ2n) is 4.54. The van der Waals surface area contributed by atoms with Crippen LogP contribution in [0, 0.1) is 5.82 Å². The molecule has 0 aliphatic heterocycles. The van der Waals surface area contributed by atoms with Gasteiger partial charge in [-0.25, -0.2) is 9.18 Å². The maximum Gasteiger partial charge on any atom is 0.333 e. The first-order valence-electron chi connectivity index (χ1n) is 6.24. The fourth-order valence-corrected chi connectivity index (χ4v) is 1.72. The highest BCUT2D eigenvalue weighted by Crippen LogP contribution is 2.18. The van der Waals surface area contributed by atoms with E-state index in [-0.39, 0.29) is 17.5 Å². The summed E-state index contributed by atoms with van der Waals surface area (Å²) >= 11 is 0. The monoisotopic (exact) mass is 281 g/mol. The Morgan fingerprint density at radius 3 is 2.65 bits per heavy atom. The zero-order chi connectivity index (χ0) is 15.1. The van der Waals surface area contributed by atoms with Crippen LogP contribution in [0.4, 0.5) is 4.39 Å². The normalized spacial score (nSPS) is 11.6. The molecule has 0 unspecified atom stereocenters. The number of rotatable bonds is 6. The van der Waals surface area contributed by atoms with Crippen molar-refractivity contribution in [1.82, 2.24) is 4.90 Å². The van der Waals surface area contributed by atoms with Crippen LogP contribution in [0.3, 0.4) is 0 Å². The van der Waals surface area contributed by atoms with Crippen molar-refractivity contribution in [2.24, 2.45) is 0 Å². The lowest BCUT2D eigenvalue weighted by atomic mass is 10.2. The van der Waals surface area contributed by atoms with Crippen LogP contribution in [-0.2, 0) is 16.1 Å². The quantitative estimate of drug-likeness (QED) is 0.593. The Morgan fingerprint density at radius 1 is 1.40 bits per heavy atom. The molecule has 5 heteroatoms. The maximum absolute atomic E-state index is 13.5. The van der Waals surface area contributed by atoms with Gasteiger partial charge in [0.25, 0.3) is 0 Å². The molecule has 0 radical (unpaired) electrons. The van der Waals surface area contributed by atoms with Crippen LogP contribution < -0.4 is 4.74 Å². The summed E-state index contributed by atoms with van der Waals surface area (Å²) in [4.78, 5) is 13.2. The van der Waals surface area contributed by atoms with Crippen molar-refractivity contribution >= 4 is 5.97 Å². The number of ether oxygens (including phenoxy) is 2. The van der Waals surface area contributed by atoms with Crippen molar-refractivity contribution in [2.45, 2.75) is 13.5 Å². The molecule has 20 heavy (non-hydrogen) atoms. The van der Waals surface area contributed by atoms with Crippen molar-refractivity contribution in [3.05, 3.63) is 41.2 Å². The number of hydrogen-bond acceptors (Lipinski definition) is 4. The Morgan fingerprint density at radius 2 is 2.10 bits per heavy atom.